The standard InChI is InChI=1S/C25H26FN3O2/c1-16-13-17(14-18(27)15-23-22(16)11-12-28-24(23)26)25(30)29-19-7-9-21(10-8-19)31-20-5-3-2-4-6-20/h2-12,16-18H,13-15,27H2,1H3,(H,29,30)/t16-,17?,18+/m1/s1. The number of pyridine rings is 1. The quantitative estimate of drug-likeness (QED) is 0.581. The monoisotopic (exact) mass is 419 g/mol. The predicted octanol–water partition coefficient (Wildman–Crippen LogP) is 5.04. The fourth-order valence-electron chi connectivity index (χ4n) is 4.19. The Hall–Kier alpha value is -3.25. The smallest absolute Gasteiger partial charge is 0.227 e. The molecule has 3 N–H and O–H groups in total. The number of para-hydroxylation sites is 1. The van der Waals surface area contributed by atoms with Gasteiger partial charge in [-0.3, -0.25) is 4.79 Å². The molecule has 3 atom stereocenters. The molecule has 0 saturated heterocycles. The van der Waals surface area contributed by atoms with Crippen molar-refractivity contribution < 1.29 is 13.9 Å². The second-order valence-electron chi connectivity index (χ2n) is 8.13. The molecule has 0 fully saturated rings. The summed E-state index contributed by atoms with van der Waals surface area (Å²) < 4.78 is 20.0. The van der Waals surface area contributed by atoms with Crippen molar-refractivity contribution in [2.75, 3.05) is 5.32 Å². The van der Waals surface area contributed by atoms with Crippen LogP contribution < -0.4 is 15.8 Å². The molecule has 0 bridgehead atoms. The molecule has 31 heavy (non-hydrogen) atoms. The average molecular weight is 420 g/mol. The molecule has 1 amide bonds. The molecule has 3 aromatic rings. The van der Waals surface area contributed by atoms with Crippen molar-refractivity contribution in [1.29, 1.82) is 0 Å². The van der Waals surface area contributed by atoms with Crippen LogP contribution in [0.4, 0.5) is 10.1 Å². The lowest BCUT2D eigenvalue weighted by Crippen LogP contribution is -2.35. The van der Waals surface area contributed by atoms with Crippen LogP contribution in [-0.4, -0.2) is 16.9 Å². The summed E-state index contributed by atoms with van der Waals surface area (Å²) in [6, 6.07) is 18.3. The van der Waals surface area contributed by atoms with Crippen molar-refractivity contribution in [3.8, 4) is 11.5 Å². The molecule has 0 spiro atoms. The van der Waals surface area contributed by atoms with Crippen LogP contribution in [0.5, 0.6) is 11.5 Å². The lowest BCUT2D eigenvalue weighted by atomic mass is 9.80. The summed E-state index contributed by atoms with van der Waals surface area (Å²) in [7, 11) is 0. The van der Waals surface area contributed by atoms with E-state index in [4.69, 9.17) is 10.5 Å². The van der Waals surface area contributed by atoms with Gasteiger partial charge in [0.05, 0.1) is 0 Å². The van der Waals surface area contributed by atoms with Crippen LogP contribution in [-0.2, 0) is 11.2 Å². The van der Waals surface area contributed by atoms with Gasteiger partial charge in [0, 0.05) is 29.4 Å². The molecule has 2 aromatic carbocycles. The van der Waals surface area contributed by atoms with Gasteiger partial charge >= 0.3 is 0 Å². The van der Waals surface area contributed by atoms with Crippen LogP contribution in [0.3, 0.4) is 0 Å². The molecule has 1 aromatic heterocycles. The largest absolute Gasteiger partial charge is 0.457 e. The first kappa shape index (κ1) is 21.0. The Labute approximate surface area is 181 Å². The summed E-state index contributed by atoms with van der Waals surface area (Å²) in [6.07, 6.45) is 2.96. The lowest BCUT2D eigenvalue weighted by molar-refractivity contribution is -0.120. The van der Waals surface area contributed by atoms with Gasteiger partial charge in [0.2, 0.25) is 11.9 Å². The number of halogens is 1. The Morgan fingerprint density at radius 1 is 1.06 bits per heavy atom. The van der Waals surface area contributed by atoms with E-state index in [1.165, 1.54) is 6.20 Å². The van der Waals surface area contributed by atoms with E-state index < -0.39 is 5.95 Å². The highest BCUT2D eigenvalue weighted by Gasteiger charge is 2.29. The number of carbonyl (C=O) groups excluding carboxylic acids is 1. The molecule has 0 aliphatic heterocycles. The van der Waals surface area contributed by atoms with Crippen LogP contribution >= 0.6 is 0 Å². The first-order chi connectivity index (χ1) is 15.0. The van der Waals surface area contributed by atoms with Gasteiger partial charge in [0.1, 0.15) is 11.5 Å². The first-order valence-electron chi connectivity index (χ1n) is 10.5. The number of amides is 1. The van der Waals surface area contributed by atoms with Gasteiger partial charge in [-0.15, -0.1) is 0 Å². The Bertz CT molecular complexity index is 1040. The Morgan fingerprint density at radius 3 is 2.52 bits per heavy atom. The second-order valence-corrected chi connectivity index (χ2v) is 8.13. The lowest BCUT2D eigenvalue weighted by Gasteiger charge is -2.28. The van der Waals surface area contributed by atoms with E-state index in [1.54, 1.807) is 0 Å². The number of rotatable bonds is 4. The van der Waals surface area contributed by atoms with Crippen molar-refractivity contribution in [3.05, 3.63) is 83.9 Å². The second kappa shape index (κ2) is 9.27. The average Bonchev–Trinajstić information content (AvgIpc) is 2.75. The summed E-state index contributed by atoms with van der Waals surface area (Å²) in [6.45, 7) is 2.02. The number of nitrogens with zero attached hydrogens (tertiary/aromatic N) is 1. The van der Waals surface area contributed by atoms with Gasteiger partial charge in [0.25, 0.3) is 0 Å². The summed E-state index contributed by atoms with van der Waals surface area (Å²) in [5, 5.41) is 2.99. The molecule has 4 rings (SSSR count). The number of nitrogens with two attached hydrogens (primary N) is 1. The maximum absolute atomic E-state index is 14.2. The third-order valence-corrected chi connectivity index (χ3v) is 5.73. The van der Waals surface area contributed by atoms with E-state index in [0.29, 0.717) is 36.3 Å². The minimum atomic E-state index is -0.458. The van der Waals surface area contributed by atoms with Crippen molar-refractivity contribution in [3.63, 3.8) is 0 Å². The van der Waals surface area contributed by atoms with Crippen molar-refractivity contribution in [1.82, 2.24) is 4.98 Å². The van der Waals surface area contributed by atoms with Crippen LogP contribution in [0, 0.1) is 11.9 Å². The maximum atomic E-state index is 14.2. The van der Waals surface area contributed by atoms with E-state index in [-0.39, 0.29) is 23.8 Å². The highest BCUT2D eigenvalue weighted by atomic mass is 19.1. The van der Waals surface area contributed by atoms with Gasteiger partial charge in [-0.05, 0) is 73.2 Å². The predicted molar refractivity (Wildman–Crippen MR) is 119 cm³/mol. The Balaban J connectivity index is 1.43. The van der Waals surface area contributed by atoms with Crippen molar-refractivity contribution >= 4 is 11.6 Å². The number of hydrogen-bond donors (Lipinski definition) is 2. The van der Waals surface area contributed by atoms with Gasteiger partial charge < -0.3 is 15.8 Å². The molecule has 1 aliphatic carbocycles. The Kier molecular flexibility index (Phi) is 6.28. The number of fused-ring (bicyclic) bond motifs is 1. The van der Waals surface area contributed by atoms with Gasteiger partial charge in [-0.1, -0.05) is 25.1 Å². The molecular formula is C25H26FN3O2. The summed E-state index contributed by atoms with van der Waals surface area (Å²) in [5.74, 6) is 0.700. The number of aromatic nitrogens is 1. The molecule has 0 radical (unpaired) electrons. The molecular weight excluding hydrogens is 393 g/mol. The number of carbonyl (C=O) groups is 1. The molecule has 1 heterocycles. The summed E-state index contributed by atoms with van der Waals surface area (Å²) >= 11 is 0. The van der Waals surface area contributed by atoms with E-state index in [1.807, 2.05) is 67.6 Å². The molecule has 1 unspecified atom stereocenters. The number of anilines is 1. The van der Waals surface area contributed by atoms with E-state index >= 15 is 0 Å². The third-order valence-electron chi connectivity index (χ3n) is 5.73. The Morgan fingerprint density at radius 2 is 1.77 bits per heavy atom. The highest BCUT2D eigenvalue weighted by molar-refractivity contribution is 5.92. The first-order valence-corrected chi connectivity index (χ1v) is 10.5. The van der Waals surface area contributed by atoms with Gasteiger partial charge in [-0.25, -0.2) is 4.98 Å². The van der Waals surface area contributed by atoms with Gasteiger partial charge in [0.15, 0.2) is 0 Å². The minimum Gasteiger partial charge on any atom is -0.457 e. The third kappa shape index (κ3) is 5.09. The molecule has 160 valence electrons. The topological polar surface area (TPSA) is 77.2 Å². The van der Waals surface area contributed by atoms with E-state index in [2.05, 4.69) is 10.3 Å². The maximum Gasteiger partial charge on any atom is 0.227 e. The fraction of sp³-hybridized carbons (Fsp3) is 0.280. The fourth-order valence-corrected chi connectivity index (χ4v) is 4.19. The summed E-state index contributed by atoms with van der Waals surface area (Å²) in [5.41, 5.74) is 8.43. The molecule has 1 aliphatic rings. The normalized spacial score (nSPS) is 20.8. The zero-order valence-electron chi connectivity index (χ0n) is 17.4. The zero-order valence-corrected chi connectivity index (χ0v) is 17.4. The molecule has 6 heteroatoms. The minimum absolute atomic E-state index is 0.0393. The van der Waals surface area contributed by atoms with Crippen LogP contribution in [0.1, 0.15) is 36.8 Å². The summed E-state index contributed by atoms with van der Waals surface area (Å²) in [4.78, 5) is 16.8. The van der Waals surface area contributed by atoms with Crippen LogP contribution in [0.2, 0.25) is 0 Å². The highest BCUT2D eigenvalue weighted by Crippen LogP contribution is 2.33. The van der Waals surface area contributed by atoms with E-state index in [9.17, 15) is 9.18 Å². The molecule has 0 saturated carbocycles. The van der Waals surface area contributed by atoms with Gasteiger partial charge in [-0.2, -0.15) is 4.39 Å². The molecule has 5 nitrogen and oxygen atoms in total. The zero-order chi connectivity index (χ0) is 21.8. The van der Waals surface area contributed by atoms with E-state index in [0.717, 1.165) is 11.3 Å². The van der Waals surface area contributed by atoms with Crippen molar-refractivity contribution in [2.24, 2.45) is 11.7 Å². The van der Waals surface area contributed by atoms with Crippen LogP contribution in [0.25, 0.3) is 0 Å². The van der Waals surface area contributed by atoms with Crippen molar-refractivity contribution in [2.45, 2.75) is 38.1 Å². The van der Waals surface area contributed by atoms with Crippen LogP contribution in [0.15, 0.2) is 66.9 Å². The number of hydrogen-bond acceptors (Lipinski definition) is 4. The number of nitrogens with one attached hydrogen (secondary N) is 1. The number of ether oxygens (including phenoxy) is 1. The SMILES string of the molecule is C[C@@H]1CC(C(=O)Nc2ccc(Oc3ccccc3)cc2)C[C@H](N)Cc2c1ccnc2F. The number of benzene rings is 2.